The van der Waals surface area contributed by atoms with Crippen LogP contribution in [0.15, 0.2) is 14.7 Å². The van der Waals surface area contributed by atoms with E-state index in [0.717, 1.165) is 25.1 Å². The minimum absolute atomic E-state index is 0.266. The van der Waals surface area contributed by atoms with Crippen LogP contribution in [0.4, 0.5) is 5.95 Å². The molecule has 0 N–H and O–H groups in total. The van der Waals surface area contributed by atoms with E-state index in [9.17, 15) is 9.59 Å². The molecule has 0 atom stereocenters. The Labute approximate surface area is 146 Å². The SMILES string of the molecule is CCCn1c(=O)c2c(nc3n2CC(C)=NN3CCC(C)C)n(C)c1=O. The zero-order valence-corrected chi connectivity index (χ0v) is 15.6. The molecule has 2 aromatic heterocycles. The first-order valence-electron chi connectivity index (χ1n) is 8.86. The summed E-state index contributed by atoms with van der Waals surface area (Å²) in [6.45, 7) is 9.88. The molecule has 1 aliphatic rings. The summed E-state index contributed by atoms with van der Waals surface area (Å²) in [6.07, 6.45) is 1.70. The molecule has 0 saturated carbocycles. The molecule has 0 unspecified atom stereocenters. The van der Waals surface area contributed by atoms with E-state index in [4.69, 9.17) is 0 Å². The monoisotopic (exact) mass is 346 g/mol. The number of hydrogen-bond donors (Lipinski definition) is 0. The maximum Gasteiger partial charge on any atom is 0.332 e. The van der Waals surface area contributed by atoms with Crippen molar-refractivity contribution >= 4 is 22.8 Å². The number of aromatic nitrogens is 4. The first-order chi connectivity index (χ1) is 11.8. The van der Waals surface area contributed by atoms with Gasteiger partial charge in [0.25, 0.3) is 5.56 Å². The Morgan fingerprint density at radius 1 is 1.20 bits per heavy atom. The van der Waals surface area contributed by atoms with E-state index in [2.05, 4.69) is 23.9 Å². The van der Waals surface area contributed by atoms with Gasteiger partial charge >= 0.3 is 5.69 Å². The van der Waals surface area contributed by atoms with Crippen molar-refractivity contribution < 1.29 is 0 Å². The number of hydrazone groups is 1. The molecule has 0 aliphatic carbocycles. The zero-order valence-electron chi connectivity index (χ0n) is 15.6. The molecule has 0 bridgehead atoms. The van der Waals surface area contributed by atoms with Gasteiger partial charge in [-0.3, -0.25) is 18.5 Å². The lowest BCUT2D eigenvalue weighted by molar-refractivity contribution is 0.564. The highest BCUT2D eigenvalue weighted by atomic mass is 16.2. The Kier molecular flexibility index (Phi) is 4.53. The van der Waals surface area contributed by atoms with Crippen LogP contribution in [0.1, 0.15) is 40.5 Å². The number of hydrogen-bond acceptors (Lipinski definition) is 5. The summed E-state index contributed by atoms with van der Waals surface area (Å²) in [5, 5.41) is 6.46. The minimum Gasteiger partial charge on any atom is -0.297 e. The Bertz CT molecular complexity index is 947. The predicted octanol–water partition coefficient (Wildman–Crippen LogP) is 1.55. The van der Waals surface area contributed by atoms with Crippen molar-refractivity contribution in [1.29, 1.82) is 0 Å². The Balaban J connectivity index is 2.23. The second-order valence-corrected chi connectivity index (χ2v) is 7.11. The normalized spacial score (nSPS) is 14.3. The van der Waals surface area contributed by atoms with Gasteiger partial charge in [0, 0.05) is 20.1 Å². The van der Waals surface area contributed by atoms with Crippen molar-refractivity contribution in [3.63, 3.8) is 0 Å². The molecule has 136 valence electrons. The van der Waals surface area contributed by atoms with Gasteiger partial charge in [0.05, 0.1) is 12.3 Å². The quantitative estimate of drug-likeness (QED) is 0.823. The Hall–Kier alpha value is -2.38. The van der Waals surface area contributed by atoms with E-state index in [1.807, 2.05) is 23.4 Å². The fraction of sp³-hybridized carbons (Fsp3) is 0.647. The van der Waals surface area contributed by atoms with Crippen LogP contribution in [0.5, 0.6) is 0 Å². The van der Waals surface area contributed by atoms with Crippen molar-refractivity contribution in [1.82, 2.24) is 18.7 Å². The molecular weight excluding hydrogens is 320 g/mol. The van der Waals surface area contributed by atoms with Crippen molar-refractivity contribution in [3.05, 3.63) is 20.8 Å². The molecule has 2 aromatic rings. The fourth-order valence-corrected chi connectivity index (χ4v) is 3.17. The highest BCUT2D eigenvalue weighted by Gasteiger charge is 2.26. The van der Waals surface area contributed by atoms with Gasteiger partial charge in [-0.15, -0.1) is 0 Å². The Morgan fingerprint density at radius 2 is 1.92 bits per heavy atom. The molecule has 0 spiro atoms. The van der Waals surface area contributed by atoms with Gasteiger partial charge in [0.1, 0.15) is 0 Å². The van der Waals surface area contributed by atoms with Gasteiger partial charge in [0.15, 0.2) is 11.2 Å². The minimum atomic E-state index is -0.318. The maximum atomic E-state index is 12.9. The molecule has 0 amide bonds. The molecular formula is C17H26N6O2. The van der Waals surface area contributed by atoms with Crippen LogP contribution in [0, 0.1) is 5.92 Å². The van der Waals surface area contributed by atoms with Gasteiger partial charge in [-0.1, -0.05) is 20.8 Å². The molecule has 0 aromatic carbocycles. The third-order valence-corrected chi connectivity index (χ3v) is 4.49. The largest absolute Gasteiger partial charge is 0.332 e. The first-order valence-corrected chi connectivity index (χ1v) is 8.86. The van der Waals surface area contributed by atoms with Crippen molar-refractivity contribution in [2.24, 2.45) is 18.1 Å². The molecule has 0 saturated heterocycles. The summed E-state index contributed by atoms with van der Waals surface area (Å²) in [5.74, 6) is 1.18. The highest BCUT2D eigenvalue weighted by molar-refractivity contribution is 5.87. The summed E-state index contributed by atoms with van der Waals surface area (Å²) in [5.41, 5.74) is 1.25. The van der Waals surface area contributed by atoms with Crippen LogP contribution < -0.4 is 16.3 Å². The molecule has 1 aliphatic heterocycles. The van der Waals surface area contributed by atoms with Crippen LogP contribution in [-0.4, -0.2) is 30.9 Å². The van der Waals surface area contributed by atoms with Gasteiger partial charge in [-0.2, -0.15) is 10.1 Å². The van der Waals surface area contributed by atoms with Crippen molar-refractivity contribution in [2.45, 2.75) is 53.6 Å². The number of rotatable bonds is 5. The number of fused-ring (bicyclic) bond motifs is 3. The standard InChI is InChI=1S/C17H26N6O2/c1-6-8-21-15(24)13-14(20(5)17(21)25)18-16-22(13)10-12(4)19-23(16)9-7-11(2)3/h11H,6-10H2,1-5H3. The van der Waals surface area contributed by atoms with Crippen LogP contribution >= 0.6 is 0 Å². The third-order valence-electron chi connectivity index (χ3n) is 4.49. The lowest BCUT2D eigenvalue weighted by Gasteiger charge is -2.25. The van der Waals surface area contributed by atoms with Gasteiger partial charge in [-0.25, -0.2) is 9.80 Å². The second kappa shape index (κ2) is 6.50. The lowest BCUT2D eigenvalue weighted by Crippen LogP contribution is -2.40. The highest BCUT2D eigenvalue weighted by Crippen LogP contribution is 2.24. The third kappa shape index (κ3) is 2.89. The summed E-state index contributed by atoms with van der Waals surface area (Å²) >= 11 is 0. The number of imidazole rings is 1. The molecule has 25 heavy (non-hydrogen) atoms. The van der Waals surface area contributed by atoms with E-state index in [-0.39, 0.29) is 11.2 Å². The van der Waals surface area contributed by atoms with Crippen molar-refractivity contribution in [3.8, 4) is 0 Å². The van der Waals surface area contributed by atoms with E-state index in [0.29, 0.717) is 36.1 Å². The number of anilines is 1. The maximum absolute atomic E-state index is 12.9. The van der Waals surface area contributed by atoms with Crippen molar-refractivity contribution in [2.75, 3.05) is 11.6 Å². The molecule has 8 heteroatoms. The van der Waals surface area contributed by atoms with Crippen LogP contribution in [0.25, 0.3) is 11.2 Å². The molecule has 3 heterocycles. The first kappa shape index (κ1) is 17.4. The summed E-state index contributed by atoms with van der Waals surface area (Å²) in [7, 11) is 1.67. The molecule has 8 nitrogen and oxygen atoms in total. The fourth-order valence-electron chi connectivity index (χ4n) is 3.17. The van der Waals surface area contributed by atoms with Crippen LogP contribution in [0.2, 0.25) is 0 Å². The average molecular weight is 346 g/mol. The molecule has 3 rings (SSSR count). The topological polar surface area (TPSA) is 77.4 Å². The van der Waals surface area contributed by atoms with Gasteiger partial charge in [-0.05, 0) is 25.7 Å². The van der Waals surface area contributed by atoms with E-state index >= 15 is 0 Å². The van der Waals surface area contributed by atoms with Crippen LogP contribution in [0.3, 0.4) is 0 Å². The predicted molar refractivity (Wildman–Crippen MR) is 99.4 cm³/mol. The summed E-state index contributed by atoms with van der Waals surface area (Å²) in [4.78, 5) is 30.0. The Morgan fingerprint density at radius 3 is 2.56 bits per heavy atom. The van der Waals surface area contributed by atoms with Gasteiger partial charge in [0.2, 0.25) is 5.95 Å². The summed E-state index contributed by atoms with van der Waals surface area (Å²) < 4.78 is 4.66. The van der Waals surface area contributed by atoms with Crippen LogP contribution in [-0.2, 0) is 20.1 Å². The average Bonchev–Trinajstić information content (AvgIpc) is 2.94. The number of aryl methyl sites for hydroxylation is 1. The second-order valence-electron chi connectivity index (χ2n) is 7.11. The molecule has 0 radical (unpaired) electrons. The van der Waals surface area contributed by atoms with E-state index in [1.165, 1.54) is 9.13 Å². The molecule has 0 fully saturated rings. The zero-order chi connectivity index (χ0) is 18.3. The van der Waals surface area contributed by atoms with Gasteiger partial charge < -0.3 is 0 Å². The lowest BCUT2D eigenvalue weighted by atomic mass is 10.1. The van der Waals surface area contributed by atoms with E-state index in [1.54, 1.807) is 7.05 Å². The van der Waals surface area contributed by atoms with E-state index < -0.39 is 0 Å². The summed E-state index contributed by atoms with van der Waals surface area (Å²) in [6, 6.07) is 0. The number of nitrogens with zero attached hydrogens (tertiary/aromatic N) is 6. The smallest absolute Gasteiger partial charge is 0.297 e.